The van der Waals surface area contributed by atoms with E-state index < -0.39 is 0 Å². The summed E-state index contributed by atoms with van der Waals surface area (Å²) in [7, 11) is 6.29. The highest BCUT2D eigenvalue weighted by atomic mass is 15.1. The van der Waals surface area contributed by atoms with Crippen molar-refractivity contribution in [2.24, 2.45) is 21.1 Å². The van der Waals surface area contributed by atoms with Crippen LogP contribution in [0.3, 0.4) is 0 Å². The van der Waals surface area contributed by atoms with Gasteiger partial charge in [-0.05, 0) is 159 Å². The van der Waals surface area contributed by atoms with Crippen LogP contribution < -0.4 is 13.7 Å². The van der Waals surface area contributed by atoms with Gasteiger partial charge in [-0.15, -0.1) is 0 Å². The van der Waals surface area contributed by atoms with E-state index in [1.807, 2.05) is 182 Å². The number of pyridine rings is 3. The maximum Gasteiger partial charge on any atom is 0.212 e. The molecule has 0 spiro atoms. The summed E-state index contributed by atoms with van der Waals surface area (Å²) in [6.07, 6.45) is 6.36. The molecular formula is C108H81N12+3. The highest BCUT2D eigenvalue weighted by Gasteiger charge is 2.26. The van der Waals surface area contributed by atoms with E-state index in [1.165, 1.54) is 0 Å². The number of nitrogens with zero attached hydrogens (tertiary/aromatic N) is 12. The predicted octanol–water partition coefficient (Wildman–Crippen LogP) is 23.6. The van der Waals surface area contributed by atoms with E-state index in [0.29, 0.717) is 52.4 Å². The van der Waals surface area contributed by atoms with Gasteiger partial charge in [-0.3, -0.25) is 0 Å². The Morgan fingerprint density at radius 3 is 0.517 bits per heavy atom. The molecule has 120 heavy (non-hydrogen) atoms. The Kier molecular flexibility index (Phi) is 20.2. The Hall–Kier alpha value is -15.7. The van der Waals surface area contributed by atoms with Crippen molar-refractivity contribution >= 4 is 0 Å². The number of aromatic nitrogens is 12. The van der Waals surface area contributed by atoms with Gasteiger partial charge in [0.05, 0.1) is 16.7 Å². The summed E-state index contributed by atoms with van der Waals surface area (Å²) in [4.78, 5) is 45.2. The lowest BCUT2D eigenvalue weighted by molar-refractivity contribution is -0.660. The molecule has 0 unspecified atom stereocenters. The molecule has 13 aromatic carbocycles. The first-order valence-corrected chi connectivity index (χ1v) is 40.3. The Morgan fingerprint density at radius 2 is 0.325 bits per heavy atom. The van der Waals surface area contributed by atoms with Crippen molar-refractivity contribution in [2.45, 2.75) is 20.8 Å². The molecule has 0 aliphatic carbocycles. The molecule has 0 saturated heterocycles. The fourth-order valence-electron chi connectivity index (χ4n) is 16.3. The highest BCUT2D eigenvalue weighted by Crippen LogP contribution is 2.45. The van der Waals surface area contributed by atoms with Crippen LogP contribution in [0.5, 0.6) is 0 Å². The molecule has 0 atom stereocenters. The summed E-state index contributed by atoms with van der Waals surface area (Å²) in [5, 5.41) is 0. The second-order valence-electron chi connectivity index (χ2n) is 30.4. The molecule has 0 N–H and O–H groups in total. The molecule has 0 bridgehead atoms. The van der Waals surface area contributed by atoms with Crippen molar-refractivity contribution < 1.29 is 13.7 Å². The van der Waals surface area contributed by atoms with Gasteiger partial charge >= 0.3 is 0 Å². The first-order chi connectivity index (χ1) is 58.9. The van der Waals surface area contributed by atoms with Gasteiger partial charge in [0.1, 0.15) is 21.1 Å². The molecule has 6 heterocycles. The molecule has 12 heteroatoms. The lowest BCUT2D eigenvalue weighted by atomic mass is 9.85. The van der Waals surface area contributed by atoms with Crippen molar-refractivity contribution in [3.8, 4) is 203 Å². The number of hydrogen-bond acceptors (Lipinski definition) is 9. The molecule has 0 aliphatic rings. The van der Waals surface area contributed by atoms with Crippen LogP contribution in [-0.4, -0.2) is 44.9 Å². The Balaban J connectivity index is 0.684. The fraction of sp³-hybridized carbons (Fsp3) is 0.0556. The van der Waals surface area contributed by atoms with E-state index in [4.69, 9.17) is 44.9 Å². The van der Waals surface area contributed by atoms with Gasteiger partial charge in [0.15, 0.2) is 71.0 Å². The van der Waals surface area contributed by atoms with Crippen molar-refractivity contribution in [1.82, 2.24) is 44.9 Å². The third-order valence-corrected chi connectivity index (χ3v) is 22.4. The van der Waals surface area contributed by atoms with Crippen LogP contribution in [0.2, 0.25) is 0 Å². The summed E-state index contributed by atoms with van der Waals surface area (Å²) in [6, 6.07) is 128. The predicted molar refractivity (Wildman–Crippen MR) is 482 cm³/mol. The van der Waals surface area contributed by atoms with Crippen LogP contribution >= 0.6 is 0 Å². The Morgan fingerprint density at radius 1 is 0.150 bits per heavy atom. The monoisotopic (exact) mass is 1550 g/mol. The summed E-state index contributed by atoms with van der Waals surface area (Å²) in [5.74, 6) is 5.55. The van der Waals surface area contributed by atoms with Gasteiger partial charge in [-0.2, -0.15) is 0 Å². The lowest BCUT2D eigenvalue weighted by Crippen LogP contribution is -2.31. The SMILES string of the molecule is Cc1cc(-c2ccccc2-c2cc(-c3ccccc3-c3ccc(-c4ccc(-c5nc(-c6ccccc6)nc(-c6ccccc6)n5)c[n+]4C)c(C)c3)cc(-c3ccccc3-c3ccc(-c4ccc(-c5nc(-c6ccccc6)nc(-c6ccccc6)n5)c[n+]4C)c(C)c3)c2)ccc1-c1ccc(-c2nc(-c3ccccc3)nc(-c3ccccc3)n2)c[n+]1C. The van der Waals surface area contributed by atoms with Gasteiger partial charge in [-0.25, -0.2) is 58.6 Å². The normalized spacial score (nSPS) is 11.2. The van der Waals surface area contributed by atoms with Gasteiger partial charge in [0.2, 0.25) is 17.1 Å². The van der Waals surface area contributed by atoms with Gasteiger partial charge < -0.3 is 0 Å². The standard InChI is InChI=1S/C108H81N12/c1-70-61-79(49-55-88(70)97-58-52-82(67-118(97)4)106-112-100(73-31-13-7-14-32-73)109-101(113-106)74-33-15-8-16-34-74)91-43-25-28-46-94(91)85-64-86(95-47-29-26-44-92(95)80-50-56-89(71(2)62-80)98-59-53-83(68-119(98)5)107-114-102(75-35-17-9-18-36-75)110-103(115-107)76-37-19-10-20-38-76)66-87(65-85)96-48-30-27-45-93(96)81-51-57-90(72(3)63-81)99-60-54-84(69-120(99)6)108-116-104(77-39-21-11-22-40-77)111-105(117-108)78-41-23-12-24-42-78/h7-69H,1-6H3/q+3. The van der Waals surface area contributed by atoms with Crippen LogP contribution in [0.25, 0.3) is 203 Å². The average Bonchev–Trinajstić information content (AvgIpc) is 0.774. The minimum atomic E-state index is 0.604. The molecule has 0 amide bonds. The maximum atomic E-state index is 5.06. The zero-order chi connectivity index (χ0) is 81.2. The van der Waals surface area contributed by atoms with E-state index >= 15 is 0 Å². The highest BCUT2D eigenvalue weighted by molar-refractivity contribution is 5.95. The minimum Gasteiger partial charge on any atom is -0.208 e. The number of hydrogen-bond donors (Lipinski definition) is 0. The topological polar surface area (TPSA) is 128 Å². The average molecular weight is 1550 g/mol. The zero-order valence-corrected chi connectivity index (χ0v) is 67.2. The first-order valence-electron chi connectivity index (χ1n) is 40.3. The van der Waals surface area contributed by atoms with Crippen LogP contribution in [-0.2, 0) is 21.1 Å². The fourth-order valence-corrected chi connectivity index (χ4v) is 16.3. The van der Waals surface area contributed by atoms with E-state index in [9.17, 15) is 0 Å². The molecule has 19 aromatic rings. The first kappa shape index (κ1) is 74.4. The van der Waals surface area contributed by atoms with Gasteiger partial charge in [0.25, 0.3) is 0 Å². The van der Waals surface area contributed by atoms with Gasteiger partial charge in [-0.1, -0.05) is 291 Å². The smallest absolute Gasteiger partial charge is 0.208 e. The second kappa shape index (κ2) is 32.6. The van der Waals surface area contributed by atoms with Crippen molar-refractivity contribution in [1.29, 1.82) is 0 Å². The van der Waals surface area contributed by atoms with E-state index in [-0.39, 0.29) is 0 Å². The molecule has 6 aromatic heterocycles. The summed E-state index contributed by atoms with van der Waals surface area (Å²) in [6.45, 7) is 6.64. The van der Waals surface area contributed by atoms with Crippen molar-refractivity contribution in [2.75, 3.05) is 0 Å². The second-order valence-corrected chi connectivity index (χ2v) is 30.4. The van der Waals surface area contributed by atoms with Crippen LogP contribution in [0.15, 0.2) is 383 Å². The lowest BCUT2D eigenvalue weighted by Gasteiger charge is -2.19. The third-order valence-electron chi connectivity index (χ3n) is 22.4. The van der Waals surface area contributed by atoms with Crippen LogP contribution in [0, 0.1) is 20.8 Å². The van der Waals surface area contributed by atoms with E-state index in [2.05, 4.69) is 256 Å². The zero-order valence-electron chi connectivity index (χ0n) is 67.2. The molecule has 0 saturated carbocycles. The summed E-state index contributed by atoms with van der Waals surface area (Å²) in [5.41, 5.74) is 31.5. The van der Waals surface area contributed by atoms with Crippen LogP contribution in [0.4, 0.5) is 0 Å². The van der Waals surface area contributed by atoms with Gasteiger partial charge in [0, 0.05) is 68.3 Å². The Bertz CT molecular complexity index is 6230. The van der Waals surface area contributed by atoms with Crippen molar-refractivity contribution in [3.05, 3.63) is 399 Å². The third kappa shape index (κ3) is 15.2. The maximum absolute atomic E-state index is 5.06. The van der Waals surface area contributed by atoms with Crippen LogP contribution in [0.1, 0.15) is 16.7 Å². The van der Waals surface area contributed by atoms with Crippen molar-refractivity contribution in [3.63, 3.8) is 0 Å². The Labute approximate surface area is 698 Å². The minimum absolute atomic E-state index is 0.604. The molecule has 0 radical (unpaired) electrons. The molecule has 12 nitrogen and oxygen atoms in total. The van der Waals surface area contributed by atoms with E-state index in [1.54, 1.807) is 0 Å². The molecule has 0 aliphatic heterocycles. The molecular weight excluding hydrogens is 1470 g/mol. The number of aryl methyl sites for hydroxylation is 6. The number of benzene rings is 13. The van der Waals surface area contributed by atoms with E-state index in [0.717, 1.165) is 167 Å². The molecule has 570 valence electrons. The molecule has 19 rings (SSSR count). The summed E-state index contributed by atoms with van der Waals surface area (Å²) < 4.78 is 6.53. The molecule has 0 fully saturated rings. The quantitative estimate of drug-likeness (QED) is 0.0772. The largest absolute Gasteiger partial charge is 0.212 e. The number of rotatable bonds is 18. The summed E-state index contributed by atoms with van der Waals surface area (Å²) >= 11 is 0.